The second-order valence-electron chi connectivity index (χ2n) is 6.31. The Kier molecular flexibility index (Phi) is 8.05. The number of ether oxygens (including phenoxy) is 1. The van der Waals surface area contributed by atoms with Crippen LogP contribution in [0.3, 0.4) is 0 Å². The summed E-state index contributed by atoms with van der Waals surface area (Å²) in [5, 5.41) is 11.3. The van der Waals surface area contributed by atoms with Gasteiger partial charge in [0.15, 0.2) is 10.2 Å². The number of rotatable bonds is 5. The number of anilines is 2. The molecule has 0 aliphatic heterocycles. The highest BCUT2D eigenvalue weighted by atomic mass is 32.1. The molecule has 2 amide bonds. The van der Waals surface area contributed by atoms with Crippen molar-refractivity contribution in [2.24, 2.45) is 0 Å². The predicted molar refractivity (Wildman–Crippen MR) is 122 cm³/mol. The summed E-state index contributed by atoms with van der Waals surface area (Å²) in [5.41, 5.74) is 1.86. The molecule has 0 bridgehead atoms. The Morgan fingerprint density at radius 1 is 0.828 bits per heavy atom. The second kappa shape index (κ2) is 10.5. The molecule has 0 aliphatic carbocycles. The third-order valence-electron chi connectivity index (χ3n) is 3.41. The summed E-state index contributed by atoms with van der Waals surface area (Å²) < 4.78 is 5.56. The molecule has 29 heavy (non-hydrogen) atoms. The maximum Gasteiger partial charge on any atom is 0.257 e. The van der Waals surface area contributed by atoms with Crippen LogP contribution in [0.5, 0.6) is 5.75 Å². The smallest absolute Gasteiger partial charge is 0.257 e. The van der Waals surface area contributed by atoms with Crippen molar-refractivity contribution in [3.05, 3.63) is 54.1 Å². The van der Waals surface area contributed by atoms with Crippen LogP contribution >= 0.6 is 24.4 Å². The first-order chi connectivity index (χ1) is 13.7. The SMILES string of the molecule is CC(=O)NC(=S)Nc1ccc(NC(=S)NC(=O)c2ccc(OC(C)C)cc2)cc1. The van der Waals surface area contributed by atoms with Crippen LogP contribution in [0.25, 0.3) is 0 Å². The summed E-state index contributed by atoms with van der Waals surface area (Å²) in [4.78, 5) is 23.3. The zero-order valence-electron chi connectivity index (χ0n) is 16.2. The van der Waals surface area contributed by atoms with E-state index >= 15 is 0 Å². The van der Waals surface area contributed by atoms with E-state index in [0.717, 1.165) is 0 Å². The van der Waals surface area contributed by atoms with Gasteiger partial charge in [0.25, 0.3) is 5.91 Å². The zero-order valence-corrected chi connectivity index (χ0v) is 17.9. The Bertz CT molecular complexity index is 897. The first-order valence-corrected chi connectivity index (χ1v) is 9.62. The minimum absolute atomic E-state index is 0.0639. The van der Waals surface area contributed by atoms with Gasteiger partial charge in [-0.3, -0.25) is 14.9 Å². The van der Waals surface area contributed by atoms with Crippen LogP contribution in [0, 0.1) is 0 Å². The lowest BCUT2D eigenvalue weighted by atomic mass is 10.2. The highest BCUT2D eigenvalue weighted by Gasteiger charge is 2.09. The minimum atomic E-state index is -0.322. The molecule has 0 fully saturated rings. The van der Waals surface area contributed by atoms with Crippen molar-refractivity contribution in [3.8, 4) is 5.75 Å². The molecule has 0 heterocycles. The van der Waals surface area contributed by atoms with E-state index < -0.39 is 0 Å². The van der Waals surface area contributed by atoms with E-state index in [-0.39, 0.29) is 28.1 Å². The van der Waals surface area contributed by atoms with Gasteiger partial charge in [-0.2, -0.15) is 0 Å². The van der Waals surface area contributed by atoms with E-state index in [0.29, 0.717) is 22.7 Å². The summed E-state index contributed by atoms with van der Waals surface area (Å²) in [6.07, 6.45) is 0.0639. The van der Waals surface area contributed by atoms with Crippen molar-refractivity contribution in [2.45, 2.75) is 26.9 Å². The van der Waals surface area contributed by atoms with Gasteiger partial charge >= 0.3 is 0 Å². The normalized spacial score (nSPS) is 10.1. The van der Waals surface area contributed by atoms with Crippen molar-refractivity contribution in [1.82, 2.24) is 10.6 Å². The van der Waals surface area contributed by atoms with Gasteiger partial charge in [0.05, 0.1) is 6.10 Å². The lowest BCUT2D eigenvalue weighted by Crippen LogP contribution is -2.34. The molecule has 0 aliphatic rings. The van der Waals surface area contributed by atoms with Crippen LogP contribution in [0.2, 0.25) is 0 Å². The Balaban J connectivity index is 1.87. The average molecular weight is 431 g/mol. The lowest BCUT2D eigenvalue weighted by Gasteiger charge is -2.12. The largest absolute Gasteiger partial charge is 0.491 e. The van der Waals surface area contributed by atoms with Crippen LogP contribution in [0.1, 0.15) is 31.1 Å². The zero-order chi connectivity index (χ0) is 21.4. The number of hydrogen-bond donors (Lipinski definition) is 4. The molecule has 2 rings (SSSR count). The van der Waals surface area contributed by atoms with E-state index in [9.17, 15) is 9.59 Å². The quantitative estimate of drug-likeness (QED) is 0.540. The summed E-state index contributed by atoms with van der Waals surface area (Å²) >= 11 is 10.2. The van der Waals surface area contributed by atoms with E-state index in [2.05, 4.69) is 21.3 Å². The number of carbonyl (C=O) groups excluding carboxylic acids is 2. The fourth-order valence-electron chi connectivity index (χ4n) is 2.25. The van der Waals surface area contributed by atoms with Crippen LogP contribution in [0.15, 0.2) is 48.5 Å². The maximum absolute atomic E-state index is 12.3. The summed E-state index contributed by atoms with van der Waals surface area (Å²) in [6.45, 7) is 5.25. The maximum atomic E-state index is 12.3. The molecule has 9 heteroatoms. The Morgan fingerprint density at radius 2 is 1.31 bits per heavy atom. The fourth-order valence-corrected chi connectivity index (χ4v) is 2.73. The van der Waals surface area contributed by atoms with Crippen LogP contribution in [0.4, 0.5) is 11.4 Å². The molecule has 4 N–H and O–H groups in total. The number of benzene rings is 2. The second-order valence-corrected chi connectivity index (χ2v) is 7.13. The van der Waals surface area contributed by atoms with Crippen LogP contribution in [-0.4, -0.2) is 28.1 Å². The van der Waals surface area contributed by atoms with Gasteiger partial charge in [-0.25, -0.2) is 0 Å². The molecule has 7 nitrogen and oxygen atoms in total. The molecular formula is C20H22N4O3S2. The van der Waals surface area contributed by atoms with Gasteiger partial charge in [-0.1, -0.05) is 0 Å². The van der Waals surface area contributed by atoms with Crippen molar-refractivity contribution >= 4 is 57.8 Å². The number of carbonyl (C=O) groups is 2. The van der Waals surface area contributed by atoms with Crippen molar-refractivity contribution in [3.63, 3.8) is 0 Å². The molecule has 152 valence electrons. The third-order valence-corrected chi connectivity index (χ3v) is 3.81. The summed E-state index contributed by atoms with van der Waals surface area (Å²) in [5.74, 6) is 0.130. The highest BCUT2D eigenvalue weighted by molar-refractivity contribution is 7.80. The number of hydrogen-bond acceptors (Lipinski definition) is 5. The predicted octanol–water partition coefficient (Wildman–Crippen LogP) is 3.43. The molecule has 0 spiro atoms. The average Bonchev–Trinajstić information content (AvgIpc) is 2.62. The molecule has 0 unspecified atom stereocenters. The molecule has 0 radical (unpaired) electrons. The van der Waals surface area contributed by atoms with Gasteiger partial charge in [0.1, 0.15) is 5.75 Å². The van der Waals surface area contributed by atoms with Crippen molar-refractivity contribution in [2.75, 3.05) is 10.6 Å². The van der Waals surface area contributed by atoms with E-state index in [4.69, 9.17) is 29.2 Å². The third kappa shape index (κ3) is 7.84. The molecule has 2 aromatic carbocycles. The van der Waals surface area contributed by atoms with Gasteiger partial charge in [0.2, 0.25) is 5.91 Å². The fraction of sp³-hybridized carbons (Fsp3) is 0.200. The standard InChI is InChI=1S/C20H22N4O3S2/c1-12(2)27-17-10-4-14(5-11-17)18(26)24-20(29)23-16-8-6-15(7-9-16)22-19(28)21-13(3)25/h4-12H,1-3H3,(H2,21,22,25,28)(H2,23,24,26,29). The van der Waals surface area contributed by atoms with Gasteiger partial charge in [-0.05, 0) is 86.8 Å². The first-order valence-electron chi connectivity index (χ1n) is 8.80. The molecular weight excluding hydrogens is 408 g/mol. The highest BCUT2D eigenvalue weighted by Crippen LogP contribution is 2.15. The number of thiocarbonyl (C=S) groups is 2. The topological polar surface area (TPSA) is 91.5 Å². The van der Waals surface area contributed by atoms with E-state index in [1.807, 2.05) is 13.8 Å². The van der Waals surface area contributed by atoms with Crippen molar-refractivity contribution in [1.29, 1.82) is 0 Å². The van der Waals surface area contributed by atoms with Gasteiger partial charge in [-0.15, -0.1) is 0 Å². The Labute approximate surface area is 180 Å². The lowest BCUT2D eigenvalue weighted by molar-refractivity contribution is -0.117. The molecule has 0 saturated carbocycles. The van der Waals surface area contributed by atoms with Gasteiger partial charge in [0, 0.05) is 23.9 Å². The Morgan fingerprint density at radius 3 is 1.76 bits per heavy atom. The number of nitrogens with one attached hydrogen (secondary N) is 4. The van der Waals surface area contributed by atoms with Crippen molar-refractivity contribution < 1.29 is 14.3 Å². The van der Waals surface area contributed by atoms with Crippen LogP contribution < -0.4 is 26.0 Å². The molecule has 0 saturated heterocycles. The summed E-state index contributed by atoms with van der Waals surface area (Å²) in [6, 6.07) is 13.9. The van der Waals surface area contributed by atoms with Crippen LogP contribution in [-0.2, 0) is 4.79 Å². The molecule has 0 aromatic heterocycles. The first kappa shape index (κ1) is 22.3. The van der Waals surface area contributed by atoms with E-state index in [1.165, 1.54) is 6.92 Å². The minimum Gasteiger partial charge on any atom is -0.491 e. The number of amides is 2. The van der Waals surface area contributed by atoms with E-state index in [1.54, 1.807) is 48.5 Å². The van der Waals surface area contributed by atoms with Gasteiger partial charge < -0.3 is 20.7 Å². The summed E-state index contributed by atoms with van der Waals surface area (Å²) in [7, 11) is 0. The monoisotopic (exact) mass is 430 g/mol. The Hall–Kier alpha value is -3.04. The molecule has 2 aromatic rings. The molecule has 0 atom stereocenters.